The normalized spacial score (nSPS) is 9.78. The van der Waals surface area contributed by atoms with Crippen LogP contribution in [0.15, 0.2) is 30.3 Å². The van der Waals surface area contributed by atoms with E-state index in [-0.39, 0.29) is 0 Å². The fourth-order valence-corrected chi connectivity index (χ4v) is 1.32. The van der Waals surface area contributed by atoms with Crippen molar-refractivity contribution in [2.75, 3.05) is 0 Å². The van der Waals surface area contributed by atoms with Gasteiger partial charge >= 0.3 is 0 Å². The van der Waals surface area contributed by atoms with Gasteiger partial charge in [-0.3, -0.25) is 0 Å². The highest BCUT2D eigenvalue weighted by atomic mass is 28.1. The highest BCUT2D eigenvalue weighted by molar-refractivity contribution is 6.14. The fourth-order valence-electron chi connectivity index (χ4n) is 0.850. The molecule has 9 heavy (non-hydrogen) atoms. The minimum absolute atomic E-state index is 1.15. The summed E-state index contributed by atoms with van der Waals surface area (Å²) in [5.74, 6) is 0. The van der Waals surface area contributed by atoms with Crippen LogP contribution in [-0.2, 0) is 6.42 Å². The van der Waals surface area contributed by atoms with Crippen LogP contribution < -0.4 is 0 Å². The van der Waals surface area contributed by atoms with Crippen LogP contribution in [0.4, 0.5) is 0 Å². The summed E-state index contributed by atoms with van der Waals surface area (Å²) in [6.07, 6.45) is 1.15. The molecule has 0 spiro atoms. The van der Waals surface area contributed by atoms with Crippen LogP contribution >= 0.6 is 0 Å². The van der Waals surface area contributed by atoms with Crippen molar-refractivity contribution in [2.45, 2.75) is 6.42 Å². The van der Waals surface area contributed by atoms with E-state index in [0.29, 0.717) is 0 Å². The van der Waals surface area contributed by atoms with Crippen molar-refractivity contribution < 1.29 is 0 Å². The molecule has 1 aromatic rings. The van der Waals surface area contributed by atoms with Crippen molar-refractivity contribution in [3.63, 3.8) is 0 Å². The molecule has 1 heteroatoms. The van der Waals surface area contributed by atoms with Gasteiger partial charge in [0.25, 0.3) is 0 Å². The Labute approximate surface area is 59.3 Å². The average Bonchev–Trinajstić information content (AvgIpc) is 1.91. The number of hydrogen-bond donors (Lipinski definition) is 0. The van der Waals surface area contributed by atoms with E-state index < -0.39 is 0 Å². The van der Waals surface area contributed by atoms with E-state index in [4.69, 9.17) is 0 Å². The van der Waals surface area contributed by atoms with E-state index in [9.17, 15) is 0 Å². The lowest BCUT2D eigenvalue weighted by Gasteiger charge is -1.93. The highest BCUT2D eigenvalue weighted by Crippen LogP contribution is 1.98. The maximum absolute atomic E-state index is 2.30. The molecule has 0 saturated heterocycles. The first-order valence-corrected chi connectivity index (χ1v) is 4.40. The molecule has 0 aliphatic carbocycles. The number of benzene rings is 1. The topological polar surface area (TPSA) is 0 Å². The Bertz CT molecular complexity index is 157. The Morgan fingerprint density at radius 1 is 1.22 bits per heavy atom. The lowest BCUT2D eigenvalue weighted by Crippen LogP contribution is -1.82. The van der Waals surface area contributed by atoms with Gasteiger partial charge in [-0.25, -0.2) is 0 Å². The van der Waals surface area contributed by atoms with Gasteiger partial charge in [0.1, 0.15) is 0 Å². The smallest absolute Gasteiger partial charge is 0.00711 e. The Morgan fingerprint density at radius 2 is 1.89 bits per heavy atom. The van der Waals surface area contributed by atoms with E-state index in [1.165, 1.54) is 15.8 Å². The van der Waals surface area contributed by atoms with Gasteiger partial charge < -0.3 is 0 Å². The molecule has 0 aliphatic heterocycles. The van der Waals surface area contributed by atoms with Crippen molar-refractivity contribution in [1.29, 1.82) is 0 Å². The fraction of sp³-hybridized carbons (Fsp3) is 0.125. The first-order valence-electron chi connectivity index (χ1n) is 3.25. The summed E-state index contributed by atoms with van der Waals surface area (Å²) in [7, 11) is 1.20. The first kappa shape index (κ1) is 6.56. The summed E-state index contributed by atoms with van der Waals surface area (Å²) < 4.78 is 0. The SMILES string of the molecule is [SiH3][CH]Cc1ccccc1. The molecule has 0 atom stereocenters. The van der Waals surface area contributed by atoms with E-state index in [0.717, 1.165) is 6.42 Å². The van der Waals surface area contributed by atoms with Crippen molar-refractivity contribution in [1.82, 2.24) is 0 Å². The molecule has 0 saturated carbocycles. The molecule has 0 nitrogen and oxygen atoms in total. The first-order chi connectivity index (χ1) is 4.43. The summed E-state index contributed by atoms with van der Waals surface area (Å²) in [5.41, 5.74) is 1.42. The minimum Gasteiger partial charge on any atom is -0.0622 e. The van der Waals surface area contributed by atoms with Gasteiger partial charge in [-0.15, -0.1) is 0 Å². The molecule has 0 aliphatic rings. The summed E-state index contributed by atoms with van der Waals surface area (Å²) in [6.45, 7) is 0. The van der Waals surface area contributed by atoms with Gasteiger partial charge in [0.2, 0.25) is 0 Å². The highest BCUT2D eigenvalue weighted by Gasteiger charge is 1.84. The van der Waals surface area contributed by atoms with Gasteiger partial charge in [0.05, 0.1) is 0 Å². The molecule has 1 aromatic carbocycles. The molecule has 1 radical (unpaired) electrons. The van der Waals surface area contributed by atoms with Crippen LogP contribution in [0.2, 0.25) is 0 Å². The molecule has 0 N–H and O–H groups in total. The van der Waals surface area contributed by atoms with Crippen LogP contribution in [0.5, 0.6) is 0 Å². The Balaban J connectivity index is 2.61. The van der Waals surface area contributed by atoms with Crippen molar-refractivity contribution in [3.8, 4) is 0 Å². The van der Waals surface area contributed by atoms with E-state index in [2.05, 4.69) is 36.4 Å². The van der Waals surface area contributed by atoms with E-state index in [1.54, 1.807) is 0 Å². The maximum atomic E-state index is 2.30. The second-order valence-electron chi connectivity index (χ2n) is 2.10. The Morgan fingerprint density at radius 3 is 2.44 bits per heavy atom. The van der Waals surface area contributed by atoms with Crippen molar-refractivity contribution in [2.24, 2.45) is 0 Å². The largest absolute Gasteiger partial charge is 0.0622 e. The monoisotopic (exact) mass is 135 g/mol. The van der Waals surface area contributed by atoms with Crippen LogP contribution in [-0.4, -0.2) is 10.2 Å². The van der Waals surface area contributed by atoms with Gasteiger partial charge in [-0.1, -0.05) is 36.4 Å². The summed E-state index contributed by atoms with van der Waals surface area (Å²) in [6, 6.07) is 12.8. The standard InChI is InChI=1S/C8H11Si/c9-7-6-8-4-2-1-3-5-8/h1-5,7H,6H2,9H3. The van der Waals surface area contributed by atoms with Crippen molar-refractivity contribution >= 4 is 10.2 Å². The predicted octanol–water partition coefficient (Wildman–Crippen LogP) is 0.756. The molecule has 1 rings (SSSR count). The number of hydrogen-bond acceptors (Lipinski definition) is 0. The predicted molar refractivity (Wildman–Crippen MR) is 44.4 cm³/mol. The van der Waals surface area contributed by atoms with Gasteiger partial charge in [0, 0.05) is 10.2 Å². The summed E-state index contributed by atoms with van der Waals surface area (Å²) in [5, 5.41) is 0. The summed E-state index contributed by atoms with van der Waals surface area (Å²) in [4.78, 5) is 0. The molecule has 0 unspecified atom stereocenters. The average molecular weight is 135 g/mol. The third-order valence-electron chi connectivity index (χ3n) is 1.28. The van der Waals surface area contributed by atoms with Crippen LogP contribution in [0.3, 0.4) is 0 Å². The second-order valence-corrected chi connectivity index (χ2v) is 2.91. The quantitative estimate of drug-likeness (QED) is 0.525. The molecule has 0 amide bonds. The molecule has 47 valence electrons. The van der Waals surface area contributed by atoms with Crippen LogP contribution in [0.25, 0.3) is 0 Å². The third kappa shape index (κ3) is 2.02. The second kappa shape index (κ2) is 3.46. The molecule has 0 bridgehead atoms. The Hall–Kier alpha value is -0.563. The van der Waals surface area contributed by atoms with Crippen LogP contribution in [0, 0.1) is 6.04 Å². The zero-order valence-corrected chi connectivity index (χ0v) is 7.67. The van der Waals surface area contributed by atoms with Gasteiger partial charge in [0.15, 0.2) is 0 Å². The van der Waals surface area contributed by atoms with Gasteiger partial charge in [-0.2, -0.15) is 0 Å². The van der Waals surface area contributed by atoms with Crippen molar-refractivity contribution in [3.05, 3.63) is 41.9 Å². The molecular weight excluding hydrogens is 124 g/mol. The lowest BCUT2D eigenvalue weighted by atomic mass is 10.2. The molecule has 0 fully saturated rings. The van der Waals surface area contributed by atoms with Crippen LogP contribution in [0.1, 0.15) is 5.56 Å². The molecule has 0 heterocycles. The molecule has 0 aromatic heterocycles. The Kier molecular flexibility index (Phi) is 2.52. The van der Waals surface area contributed by atoms with E-state index in [1.807, 2.05) is 0 Å². The van der Waals surface area contributed by atoms with Gasteiger partial charge in [-0.05, 0) is 12.0 Å². The lowest BCUT2D eigenvalue weighted by molar-refractivity contribution is 1.24. The third-order valence-corrected chi connectivity index (χ3v) is 1.69. The zero-order chi connectivity index (χ0) is 6.53. The maximum Gasteiger partial charge on any atom is 0.00711 e. The number of rotatable bonds is 2. The molecular formula is C8H11Si. The minimum atomic E-state index is 1.15. The summed E-state index contributed by atoms with van der Waals surface area (Å²) >= 11 is 0. The zero-order valence-electron chi connectivity index (χ0n) is 5.67. The van der Waals surface area contributed by atoms with E-state index >= 15 is 0 Å².